The van der Waals surface area contributed by atoms with Crippen LogP contribution >= 0.6 is 0 Å². The van der Waals surface area contributed by atoms with Crippen LogP contribution in [0.2, 0.25) is 0 Å². The number of phenolic OH excluding ortho intramolecular Hbond substituents is 1. The van der Waals surface area contributed by atoms with Gasteiger partial charge in [0.1, 0.15) is 40.2 Å². The van der Waals surface area contributed by atoms with Crippen molar-refractivity contribution < 1.29 is 54.1 Å². The van der Waals surface area contributed by atoms with Crippen LogP contribution in [-0.2, 0) is 30.7 Å². The van der Waals surface area contributed by atoms with Crippen LogP contribution in [-0.4, -0.2) is 95.9 Å². The number of benzene rings is 2. The zero-order chi connectivity index (χ0) is 47.4. The number of phenols is 1. The summed E-state index contributed by atoms with van der Waals surface area (Å²) in [6, 6.07) is 1.69. The Morgan fingerprint density at radius 2 is 1.29 bits per heavy atom. The highest BCUT2D eigenvalue weighted by Gasteiger charge is 2.47. The molecule has 5 atom stereocenters. The number of aliphatic carboxylic acids is 1. The highest BCUT2D eigenvalue weighted by molar-refractivity contribution is 6.02. The molecule has 6 rings (SSSR count). The summed E-state index contributed by atoms with van der Waals surface area (Å²) < 4.78 is 18.7. The molecule has 65 heavy (non-hydrogen) atoms. The van der Waals surface area contributed by atoms with Crippen molar-refractivity contribution in [1.29, 1.82) is 0 Å². The number of rotatable bonds is 20. The number of carbonyl (C=O) groups is 3. The van der Waals surface area contributed by atoms with Gasteiger partial charge in [0, 0.05) is 41.6 Å². The van der Waals surface area contributed by atoms with E-state index in [0.717, 1.165) is 25.7 Å². The molecule has 5 N–H and O–H groups in total. The molecule has 0 saturated heterocycles. The first-order valence-corrected chi connectivity index (χ1v) is 23.2. The lowest BCUT2D eigenvalue weighted by Crippen LogP contribution is -2.49. The fourth-order valence-corrected chi connectivity index (χ4v) is 9.58. The molecule has 2 aromatic carbocycles. The molecule has 2 amide bonds. The molecule has 0 aliphatic carbocycles. The molecule has 354 valence electrons. The predicted molar refractivity (Wildman–Crippen MR) is 248 cm³/mol. The molecule has 0 spiro atoms. The monoisotopic (exact) mass is 898 g/mol. The van der Waals surface area contributed by atoms with Gasteiger partial charge >= 0.3 is 5.97 Å². The Morgan fingerprint density at radius 1 is 0.769 bits per heavy atom. The number of amides is 2. The molecule has 0 unspecified atom stereocenters. The summed E-state index contributed by atoms with van der Waals surface area (Å²) in [4.78, 5) is 43.8. The number of carboxylic acids is 1. The maximum atomic E-state index is 14.1. The van der Waals surface area contributed by atoms with Gasteiger partial charge in [-0.2, -0.15) is 0 Å². The van der Waals surface area contributed by atoms with Gasteiger partial charge in [-0.15, -0.1) is 0 Å². The van der Waals surface area contributed by atoms with Crippen molar-refractivity contribution in [1.82, 2.24) is 9.80 Å². The number of carbonyl (C=O) groups excluding carboxylic acids is 2. The van der Waals surface area contributed by atoms with Crippen LogP contribution in [0.15, 0.2) is 58.7 Å². The van der Waals surface area contributed by atoms with Crippen molar-refractivity contribution in [3.05, 3.63) is 92.1 Å². The Labute approximate surface area is 384 Å². The van der Waals surface area contributed by atoms with Gasteiger partial charge in [-0.3, -0.25) is 9.59 Å². The molecule has 0 fully saturated rings. The number of carboxylic acid groups (broad SMARTS) is 1. The molecule has 0 aromatic heterocycles. The Balaban J connectivity index is 1.13. The fourth-order valence-electron chi connectivity index (χ4n) is 9.58. The molecule has 2 aromatic rings. The quantitative estimate of drug-likeness (QED) is 0.0633. The van der Waals surface area contributed by atoms with Crippen molar-refractivity contribution in [2.75, 3.05) is 13.3 Å². The van der Waals surface area contributed by atoms with Gasteiger partial charge in [0.25, 0.3) is 11.8 Å². The van der Waals surface area contributed by atoms with Crippen molar-refractivity contribution in [3.63, 3.8) is 0 Å². The normalized spacial score (nSPS) is 22.9. The van der Waals surface area contributed by atoms with E-state index in [1.807, 2.05) is 13.8 Å². The maximum Gasteiger partial charge on any atom is 0.326 e. The summed E-state index contributed by atoms with van der Waals surface area (Å²) in [6.45, 7) is 15.9. The topological polar surface area (TPSA) is 187 Å². The summed E-state index contributed by atoms with van der Waals surface area (Å²) in [7, 11) is 0. The Morgan fingerprint density at radius 3 is 1.83 bits per heavy atom. The van der Waals surface area contributed by atoms with Crippen LogP contribution in [0.25, 0.3) is 0 Å². The summed E-state index contributed by atoms with van der Waals surface area (Å²) in [5.74, 6) is -1.18. The van der Waals surface area contributed by atoms with E-state index < -0.39 is 48.1 Å². The van der Waals surface area contributed by atoms with Crippen LogP contribution in [0.3, 0.4) is 0 Å². The van der Waals surface area contributed by atoms with E-state index in [1.54, 1.807) is 4.90 Å². The lowest BCUT2D eigenvalue weighted by molar-refractivity contribution is -0.142. The second kappa shape index (κ2) is 20.6. The smallest absolute Gasteiger partial charge is 0.326 e. The number of nitrogens with zero attached hydrogens (tertiary/aromatic N) is 2. The molecular weight excluding hydrogens is 829 g/mol. The van der Waals surface area contributed by atoms with Crippen molar-refractivity contribution in [3.8, 4) is 23.0 Å². The highest BCUT2D eigenvalue weighted by atomic mass is 16.6. The van der Waals surface area contributed by atoms with E-state index in [2.05, 4.69) is 65.8 Å². The minimum absolute atomic E-state index is 0.0410. The molecular formula is C52H70N2O11. The van der Waals surface area contributed by atoms with Gasteiger partial charge in [0.05, 0.1) is 36.4 Å². The first kappa shape index (κ1) is 49.3. The van der Waals surface area contributed by atoms with E-state index in [1.165, 1.54) is 39.3 Å². The Hall–Kier alpha value is -5.11. The van der Waals surface area contributed by atoms with Crippen LogP contribution in [0.5, 0.6) is 23.0 Å². The zero-order valence-corrected chi connectivity index (χ0v) is 39.6. The summed E-state index contributed by atoms with van der Waals surface area (Å²) in [6.07, 6.45) is 13.7. The van der Waals surface area contributed by atoms with Gasteiger partial charge in [-0.25, -0.2) is 4.79 Å². The molecule has 13 nitrogen and oxygen atoms in total. The number of allylic oxidation sites excluding steroid dienone is 8. The second-order valence-corrected chi connectivity index (χ2v) is 19.5. The van der Waals surface area contributed by atoms with Crippen LogP contribution in [0, 0.1) is 0 Å². The van der Waals surface area contributed by atoms with Gasteiger partial charge in [-0.1, -0.05) is 46.6 Å². The van der Waals surface area contributed by atoms with E-state index >= 15 is 0 Å². The summed E-state index contributed by atoms with van der Waals surface area (Å²) in [5.41, 5.74) is 5.71. The highest BCUT2D eigenvalue weighted by Crippen LogP contribution is 2.49. The number of ether oxygens (including phenoxy) is 3. The van der Waals surface area contributed by atoms with Crippen molar-refractivity contribution in [2.45, 2.75) is 175 Å². The summed E-state index contributed by atoms with van der Waals surface area (Å²) >= 11 is 0. The molecule has 4 heterocycles. The molecule has 4 aliphatic rings. The average Bonchev–Trinajstić information content (AvgIpc) is 3.72. The maximum absolute atomic E-state index is 14.1. The summed E-state index contributed by atoms with van der Waals surface area (Å²) in [5, 5.41) is 54.0. The van der Waals surface area contributed by atoms with Gasteiger partial charge in [0.15, 0.2) is 6.79 Å². The average molecular weight is 899 g/mol. The van der Waals surface area contributed by atoms with Crippen molar-refractivity contribution in [2.24, 2.45) is 0 Å². The van der Waals surface area contributed by atoms with Crippen molar-refractivity contribution >= 4 is 17.8 Å². The van der Waals surface area contributed by atoms with Crippen LogP contribution < -0.4 is 14.2 Å². The van der Waals surface area contributed by atoms with Gasteiger partial charge in [0.2, 0.25) is 0 Å². The number of hydrogen-bond acceptors (Lipinski definition) is 10. The number of hydrogen-bond donors (Lipinski definition) is 5. The SMILES string of the molecule is CC(C)=CCC/C(C)=C/CC[C@@]1(C)Oc2c(c(O)cc3c2CN(CCC[C@@H](C(=O)O)N2Cc4c(cc(OCO)c5c4O[C@](C)(CC/C=C(\C)CCC=C(C)C)[C@@H](O)C5)C2=O)C3=O)C[C@@H]1O. The van der Waals surface area contributed by atoms with Crippen LogP contribution in [0.4, 0.5) is 0 Å². The second-order valence-electron chi connectivity index (χ2n) is 19.5. The fraction of sp³-hybridized carbons (Fsp3) is 0.558. The van der Waals surface area contributed by atoms with Crippen LogP contribution in [0.1, 0.15) is 163 Å². The third-order valence-electron chi connectivity index (χ3n) is 13.7. The minimum atomic E-state index is -1.24. The molecule has 4 aliphatic heterocycles. The third-order valence-corrected chi connectivity index (χ3v) is 13.7. The van der Waals surface area contributed by atoms with E-state index in [9.17, 15) is 39.9 Å². The number of fused-ring (bicyclic) bond motifs is 6. The lowest BCUT2D eigenvalue weighted by Gasteiger charge is -2.41. The third kappa shape index (κ3) is 11.0. The number of aliphatic hydroxyl groups excluding tert-OH is 3. The van der Waals surface area contributed by atoms with E-state index in [0.29, 0.717) is 65.0 Å². The molecule has 0 bridgehead atoms. The van der Waals surface area contributed by atoms with Gasteiger partial charge in [-0.05, 0) is 132 Å². The van der Waals surface area contributed by atoms with E-state index in [4.69, 9.17) is 14.2 Å². The standard InChI is InChI=1S/C52H70N2O11/c1-31(2)14-9-16-33(5)18-11-21-51(7)44(57)26-37-42(56)24-35-39(46(37)64-51)28-53(48(35)59)23-13-20-41(50(61)62)54-29-40-36(49(54)60)25-43(63-30-55)38-27-45(58)52(8,65-47(38)40)22-12-19-34(6)17-10-15-32(3)4/h14-15,18-19,24-25,41,44-45,55-58H,9-13,16-17,20-23,26-30H2,1-8H3,(H,61,62)/b33-18+,34-19+/t41-,44-,45-,51+,52+/m0/s1. The molecule has 0 radical (unpaired) electrons. The molecule has 13 heteroatoms. The lowest BCUT2D eigenvalue weighted by atomic mass is 9.84. The predicted octanol–water partition coefficient (Wildman–Crippen LogP) is 8.62. The molecule has 0 saturated carbocycles. The first-order chi connectivity index (χ1) is 30.8. The number of aromatic hydroxyl groups is 1. The minimum Gasteiger partial charge on any atom is -0.508 e. The largest absolute Gasteiger partial charge is 0.508 e. The first-order valence-electron chi connectivity index (χ1n) is 23.2. The zero-order valence-electron chi connectivity index (χ0n) is 39.6. The van der Waals surface area contributed by atoms with E-state index in [-0.39, 0.29) is 68.3 Å². The van der Waals surface area contributed by atoms with Gasteiger partial charge < -0.3 is 49.5 Å². The Bertz CT molecular complexity index is 2270. The Kier molecular flexibility index (Phi) is 15.6. The number of aliphatic hydroxyl groups is 3.